The van der Waals surface area contributed by atoms with Gasteiger partial charge < -0.3 is 14.8 Å². The number of hydrazone groups is 1. The van der Waals surface area contributed by atoms with Crippen LogP contribution >= 0.6 is 15.9 Å². The average Bonchev–Trinajstić information content (AvgIpc) is 2.83. The smallest absolute Gasteiger partial charge is 0.240 e. The number of amides is 2. The molecular formula is C25H24BrN3O4. The van der Waals surface area contributed by atoms with E-state index in [1.807, 2.05) is 48.5 Å². The van der Waals surface area contributed by atoms with E-state index in [9.17, 15) is 9.59 Å². The van der Waals surface area contributed by atoms with Crippen LogP contribution in [0, 0.1) is 0 Å². The Morgan fingerprint density at radius 3 is 2.39 bits per heavy atom. The summed E-state index contributed by atoms with van der Waals surface area (Å²) >= 11 is 3.41. The van der Waals surface area contributed by atoms with Crippen LogP contribution in [0.5, 0.6) is 11.5 Å². The van der Waals surface area contributed by atoms with Crippen molar-refractivity contribution in [3.05, 3.63) is 88.4 Å². The lowest BCUT2D eigenvalue weighted by Crippen LogP contribution is -2.20. The lowest BCUT2D eigenvalue weighted by molar-refractivity contribution is -0.124. The Labute approximate surface area is 200 Å². The van der Waals surface area contributed by atoms with Gasteiger partial charge in [0.05, 0.1) is 13.3 Å². The zero-order valence-corrected chi connectivity index (χ0v) is 19.7. The highest BCUT2D eigenvalue weighted by Crippen LogP contribution is 2.28. The maximum atomic E-state index is 12.0. The Hall–Kier alpha value is -3.65. The summed E-state index contributed by atoms with van der Waals surface area (Å²) in [6.45, 7) is 0.408. The molecule has 0 unspecified atom stereocenters. The van der Waals surface area contributed by atoms with Gasteiger partial charge in [0.1, 0.15) is 6.61 Å². The molecule has 8 heteroatoms. The minimum atomic E-state index is -0.351. The van der Waals surface area contributed by atoms with Crippen LogP contribution in [0.4, 0.5) is 5.69 Å². The topological polar surface area (TPSA) is 89.0 Å². The number of rotatable bonds is 10. The number of nitrogens with zero attached hydrogens (tertiary/aromatic N) is 1. The van der Waals surface area contributed by atoms with Gasteiger partial charge in [-0.05, 0) is 53.6 Å². The highest BCUT2D eigenvalue weighted by atomic mass is 79.9. The van der Waals surface area contributed by atoms with Gasteiger partial charge in [0.2, 0.25) is 11.8 Å². The maximum absolute atomic E-state index is 12.0. The van der Waals surface area contributed by atoms with Crippen LogP contribution in [-0.4, -0.2) is 25.1 Å². The Balaban J connectivity index is 1.46. The van der Waals surface area contributed by atoms with E-state index in [2.05, 4.69) is 31.8 Å². The lowest BCUT2D eigenvalue weighted by atomic mass is 10.2. The lowest BCUT2D eigenvalue weighted by Gasteiger charge is -2.11. The van der Waals surface area contributed by atoms with E-state index in [-0.39, 0.29) is 24.7 Å². The number of anilines is 1. The molecule has 2 N–H and O–H groups in total. The van der Waals surface area contributed by atoms with Crippen LogP contribution in [0.15, 0.2) is 82.4 Å². The first-order valence-electron chi connectivity index (χ1n) is 10.3. The van der Waals surface area contributed by atoms with Crippen molar-refractivity contribution in [3.8, 4) is 11.5 Å². The van der Waals surface area contributed by atoms with Gasteiger partial charge in [0.25, 0.3) is 0 Å². The molecule has 2 amide bonds. The van der Waals surface area contributed by atoms with Crippen molar-refractivity contribution in [2.24, 2.45) is 5.10 Å². The monoisotopic (exact) mass is 509 g/mol. The van der Waals surface area contributed by atoms with E-state index in [1.54, 1.807) is 31.4 Å². The van der Waals surface area contributed by atoms with E-state index in [4.69, 9.17) is 9.47 Å². The third-order valence-electron chi connectivity index (χ3n) is 4.53. The van der Waals surface area contributed by atoms with E-state index in [0.29, 0.717) is 23.8 Å². The summed E-state index contributed by atoms with van der Waals surface area (Å²) in [6.07, 6.45) is 1.60. The van der Waals surface area contributed by atoms with E-state index >= 15 is 0 Å². The highest BCUT2D eigenvalue weighted by molar-refractivity contribution is 9.10. The van der Waals surface area contributed by atoms with Gasteiger partial charge >= 0.3 is 0 Å². The Kier molecular flexibility index (Phi) is 9.02. The number of para-hydroxylation sites is 1. The summed E-state index contributed by atoms with van der Waals surface area (Å²) in [7, 11) is 1.56. The van der Waals surface area contributed by atoms with E-state index in [1.165, 1.54) is 6.21 Å². The van der Waals surface area contributed by atoms with Gasteiger partial charge in [-0.3, -0.25) is 9.59 Å². The number of benzene rings is 3. The molecule has 0 heterocycles. The summed E-state index contributed by atoms with van der Waals surface area (Å²) in [5.74, 6) is 0.575. The molecule has 0 aromatic heterocycles. The first kappa shape index (κ1) is 24.0. The second-order valence-electron chi connectivity index (χ2n) is 7.03. The minimum absolute atomic E-state index is 0.0299. The van der Waals surface area contributed by atoms with Crippen molar-refractivity contribution < 1.29 is 19.1 Å². The number of hydrogen-bond donors (Lipinski definition) is 2. The van der Waals surface area contributed by atoms with Gasteiger partial charge in [0, 0.05) is 23.0 Å². The minimum Gasteiger partial charge on any atom is -0.493 e. The van der Waals surface area contributed by atoms with Crippen LogP contribution in [0.3, 0.4) is 0 Å². The van der Waals surface area contributed by atoms with Crippen LogP contribution in [0.1, 0.15) is 24.0 Å². The van der Waals surface area contributed by atoms with Crippen LogP contribution < -0.4 is 20.2 Å². The summed E-state index contributed by atoms with van der Waals surface area (Å²) < 4.78 is 12.3. The van der Waals surface area contributed by atoms with Crippen LogP contribution in [0.25, 0.3) is 0 Å². The molecule has 170 valence electrons. The largest absolute Gasteiger partial charge is 0.493 e. The maximum Gasteiger partial charge on any atom is 0.240 e. The predicted octanol–water partition coefficient (Wildman–Crippen LogP) is 4.91. The molecule has 33 heavy (non-hydrogen) atoms. The fourth-order valence-electron chi connectivity index (χ4n) is 2.83. The van der Waals surface area contributed by atoms with Crippen LogP contribution in [0.2, 0.25) is 0 Å². The summed E-state index contributed by atoms with van der Waals surface area (Å²) in [4.78, 5) is 23.9. The fourth-order valence-corrected chi connectivity index (χ4v) is 3.10. The molecule has 0 aliphatic carbocycles. The van der Waals surface area contributed by atoms with E-state index < -0.39 is 0 Å². The molecule has 3 rings (SSSR count). The number of carbonyl (C=O) groups excluding carboxylic acids is 2. The molecule has 0 radical (unpaired) electrons. The van der Waals surface area contributed by atoms with Crippen molar-refractivity contribution in [3.63, 3.8) is 0 Å². The summed E-state index contributed by atoms with van der Waals surface area (Å²) in [5.41, 5.74) is 4.88. The molecule has 0 fully saturated rings. The third-order valence-corrected chi connectivity index (χ3v) is 5.06. The number of ether oxygens (including phenoxy) is 2. The molecule has 0 spiro atoms. The number of nitrogens with one attached hydrogen (secondary N) is 2. The van der Waals surface area contributed by atoms with Crippen molar-refractivity contribution in [2.75, 3.05) is 12.4 Å². The normalized spacial score (nSPS) is 10.6. The van der Waals surface area contributed by atoms with Crippen LogP contribution in [-0.2, 0) is 16.2 Å². The van der Waals surface area contributed by atoms with Crippen molar-refractivity contribution in [1.29, 1.82) is 0 Å². The molecule has 0 saturated heterocycles. The summed E-state index contributed by atoms with van der Waals surface area (Å²) in [5, 5.41) is 6.69. The van der Waals surface area contributed by atoms with Crippen molar-refractivity contribution in [1.82, 2.24) is 5.43 Å². The molecule has 0 aliphatic rings. The van der Waals surface area contributed by atoms with Gasteiger partial charge in [-0.2, -0.15) is 5.10 Å². The number of hydrogen-bond acceptors (Lipinski definition) is 5. The molecule has 0 atom stereocenters. The summed E-state index contributed by atoms with van der Waals surface area (Å²) in [6, 6.07) is 22.3. The average molecular weight is 510 g/mol. The molecular weight excluding hydrogens is 486 g/mol. The van der Waals surface area contributed by atoms with Gasteiger partial charge in [-0.15, -0.1) is 0 Å². The first-order valence-corrected chi connectivity index (χ1v) is 11.0. The number of methoxy groups -OCH3 is 1. The standard InChI is InChI=1S/C25H24BrN3O4/c1-32-23-15-19(9-12-22(23)33-17-18-7-10-20(26)11-8-18)16-27-29-25(31)14-13-24(30)28-21-5-3-2-4-6-21/h2-12,15-16H,13-14,17H2,1H3,(H,28,30)(H,29,31). The fraction of sp³-hybridized carbons (Fsp3) is 0.160. The van der Waals surface area contributed by atoms with Gasteiger partial charge in [-0.1, -0.05) is 46.3 Å². The third kappa shape index (κ3) is 8.08. The van der Waals surface area contributed by atoms with Gasteiger partial charge in [-0.25, -0.2) is 5.43 Å². The second-order valence-corrected chi connectivity index (χ2v) is 7.95. The molecule has 7 nitrogen and oxygen atoms in total. The first-order chi connectivity index (χ1) is 16.0. The van der Waals surface area contributed by atoms with Crippen molar-refractivity contribution >= 4 is 39.6 Å². The molecule has 0 aliphatic heterocycles. The zero-order valence-electron chi connectivity index (χ0n) is 18.1. The van der Waals surface area contributed by atoms with Gasteiger partial charge in [0.15, 0.2) is 11.5 Å². The molecule has 0 saturated carbocycles. The van der Waals surface area contributed by atoms with E-state index in [0.717, 1.165) is 15.6 Å². The number of halogens is 1. The molecule has 3 aromatic carbocycles. The second kappa shape index (κ2) is 12.4. The van der Waals surface area contributed by atoms with Crippen molar-refractivity contribution in [2.45, 2.75) is 19.4 Å². The highest BCUT2D eigenvalue weighted by Gasteiger charge is 2.08. The number of carbonyl (C=O) groups is 2. The predicted molar refractivity (Wildman–Crippen MR) is 132 cm³/mol. The SMILES string of the molecule is COc1cc(C=NNC(=O)CCC(=O)Nc2ccccc2)ccc1OCc1ccc(Br)cc1. The Morgan fingerprint density at radius 2 is 1.67 bits per heavy atom. The Morgan fingerprint density at radius 1 is 0.939 bits per heavy atom. The molecule has 0 bridgehead atoms. The zero-order chi connectivity index (χ0) is 23.5. The Bertz CT molecular complexity index is 1100. The molecule has 3 aromatic rings. The quantitative estimate of drug-likeness (QED) is 0.300.